The molecular weight excluding hydrogens is 382 g/mol. The lowest BCUT2D eigenvalue weighted by molar-refractivity contribution is 0.249. The third-order valence-electron chi connectivity index (χ3n) is 3.14. The van der Waals surface area contributed by atoms with Gasteiger partial charge in [-0.15, -0.1) is 0 Å². The molecule has 0 fully saturated rings. The van der Waals surface area contributed by atoms with Crippen LogP contribution in [-0.2, 0) is 10.1 Å². The average Bonchev–Trinajstić information content (AvgIpc) is 2.57. The van der Waals surface area contributed by atoms with Gasteiger partial charge in [0.2, 0.25) is 5.75 Å². The fraction of sp³-hybridized carbons (Fsp3) is 0.125. The number of amides is 2. The number of methoxy groups -OCH3 is 1. The number of nitrogens with zero attached hydrogens (tertiary/aromatic N) is 1. The second kappa shape index (κ2) is 8.07. The van der Waals surface area contributed by atoms with Crippen molar-refractivity contribution in [3.8, 4) is 11.5 Å². The van der Waals surface area contributed by atoms with Gasteiger partial charge in [0, 0.05) is 0 Å². The highest BCUT2D eigenvalue weighted by atomic mass is 35.5. The number of carbonyl (C=O) groups excluding carboxylic acids is 1. The Kier molecular flexibility index (Phi) is 6.06. The number of rotatable bonds is 6. The zero-order valence-corrected chi connectivity index (χ0v) is 15.5. The molecule has 0 aliphatic carbocycles. The SMILES string of the molecule is COc1cc(/C=N\NC(N)=O)cc(Cl)c1OS(=O)(=O)c1ccc(C)cc1. The Morgan fingerprint density at radius 3 is 2.50 bits per heavy atom. The predicted molar refractivity (Wildman–Crippen MR) is 97.3 cm³/mol. The lowest BCUT2D eigenvalue weighted by atomic mass is 10.2. The number of urea groups is 1. The number of ether oxygens (including phenoxy) is 1. The molecule has 0 saturated carbocycles. The van der Waals surface area contributed by atoms with E-state index in [4.69, 9.17) is 26.3 Å². The second-order valence-electron chi connectivity index (χ2n) is 5.12. The Morgan fingerprint density at radius 2 is 1.92 bits per heavy atom. The normalized spacial score (nSPS) is 11.3. The van der Waals surface area contributed by atoms with E-state index in [1.54, 1.807) is 12.1 Å². The summed E-state index contributed by atoms with van der Waals surface area (Å²) in [5, 5.41) is 3.58. The highest BCUT2D eigenvalue weighted by Gasteiger charge is 2.22. The fourth-order valence-electron chi connectivity index (χ4n) is 1.93. The number of hydrazone groups is 1. The third kappa shape index (κ3) is 4.87. The molecule has 0 spiro atoms. The molecule has 0 radical (unpaired) electrons. The summed E-state index contributed by atoms with van der Waals surface area (Å²) in [6.07, 6.45) is 1.26. The second-order valence-corrected chi connectivity index (χ2v) is 7.07. The Balaban J connectivity index is 2.35. The Hall–Kier alpha value is -2.78. The fourth-order valence-corrected chi connectivity index (χ4v) is 3.19. The number of hydrogen-bond acceptors (Lipinski definition) is 6. The first-order valence-electron chi connectivity index (χ1n) is 7.20. The average molecular weight is 398 g/mol. The number of benzene rings is 2. The van der Waals surface area contributed by atoms with Gasteiger partial charge >= 0.3 is 16.1 Å². The first kappa shape index (κ1) is 19.5. The minimum Gasteiger partial charge on any atom is -0.493 e. The first-order valence-corrected chi connectivity index (χ1v) is 8.99. The summed E-state index contributed by atoms with van der Waals surface area (Å²) in [5.41, 5.74) is 8.27. The maximum Gasteiger partial charge on any atom is 0.339 e. The van der Waals surface area contributed by atoms with Gasteiger partial charge in [0.15, 0.2) is 5.75 Å². The quantitative estimate of drug-likeness (QED) is 0.440. The maximum absolute atomic E-state index is 12.4. The van der Waals surface area contributed by atoms with Gasteiger partial charge in [-0.25, -0.2) is 10.2 Å². The lowest BCUT2D eigenvalue weighted by Crippen LogP contribution is -2.24. The predicted octanol–water partition coefficient (Wildman–Crippen LogP) is 2.43. The number of hydrogen-bond donors (Lipinski definition) is 2. The van der Waals surface area contributed by atoms with Crippen LogP contribution >= 0.6 is 11.6 Å². The van der Waals surface area contributed by atoms with Crippen LogP contribution in [0.25, 0.3) is 0 Å². The van der Waals surface area contributed by atoms with Crippen LogP contribution in [0, 0.1) is 6.92 Å². The van der Waals surface area contributed by atoms with Crippen molar-refractivity contribution in [1.29, 1.82) is 0 Å². The Morgan fingerprint density at radius 1 is 1.27 bits per heavy atom. The van der Waals surface area contributed by atoms with Crippen LogP contribution in [-0.4, -0.2) is 27.8 Å². The van der Waals surface area contributed by atoms with Crippen molar-refractivity contribution in [1.82, 2.24) is 5.43 Å². The van der Waals surface area contributed by atoms with E-state index < -0.39 is 16.1 Å². The van der Waals surface area contributed by atoms with Crippen LogP contribution in [0.4, 0.5) is 4.79 Å². The van der Waals surface area contributed by atoms with Gasteiger partial charge in [-0.2, -0.15) is 13.5 Å². The highest BCUT2D eigenvalue weighted by Crippen LogP contribution is 2.38. The number of halogens is 1. The monoisotopic (exact) mass is 397 g/mol. The van der Waals surface area contributed by atoms with Crippen LogP contribution in [0.5, 0.6) is 11.5 Å². The highest BCUT2D eigenvalue weighted by molar-refractivity contribution is 7.87. The van der Waals surface area contributed by atoms with Crippen molar-refractivity contribution in [3.63, 3.8) is 0 Å². The van der Waals surface area contributed by atoms with Crippen molar-refractivity contribution >= 4 is 34.0 Å². The largest absolute Gasteiger partial charge is 0.493 e. The summed E-state index contributed by atoms with van der Waals surface area (Å²) in [4.78, 5) is 10.6. The minimum atomic E-state index is -4.10. The van der Waals surface area contributed by atoms with Crippen molar-refractivity contribution in [2.45, 2.75) is 11.8 Å². The lowest BCUT2D eigenvalue weighted by Gasteiger charge is -2.13. The van der Waals surface area contributed by atoms with Crippen LogP contribution in [0.3, 0.4) is 0 Å². The molecular formula is C16H16ClN3O5S. The topological polar surface area (TPSA) is 120 Å². The molecule has 26 heavy (non-hydrogen) atoms. The molecule has 2 rings (SSSR count). The van der Waals surface area contributed by atoms with Crippen LogP contribution < -0.4 is 20.1 Å². The standard InChI is InChI=1S/C16H16ClN3O5S/c1-10-3-5-12(6-4-10)26(22,23)25-15-13(17)7-11(8-14(15)24-2)9-19-20-16(18)21/h3-9H,1-2H3,(H3,18,20,21)/b19-9-. The van der Waals surface area contributed by atoms with Crippen LogP contribution in [0.15, 0.2) is 46.4 Å². The molecule has 8 nitrogen and oxygen atoms in total. The van der Waals surface area contributed by atoms with Gasteiger partial charge in [0.25, 0.3) is 0 Å². The van der Waals surface area contributed by atoms with E-state index in [1.165, 1.54) is 37.6 Å². The zero-order valence-electron chi connectivity index (χ0n) is 13.9. The molecule has 0 atom stereocenters. The Labute approximate surface area is 155 Å². The summed E-state index contributed by atoms with van der Waals surface area (Å²) >= 11 is 6.13. The van der Waals surface area contributed by atoms with E-state index in [0.717, 1.165) is 5.56 Å². The van der Waals surface area contributed by atoms with Gasteiger partial charge in [0.05, 0.1) is 18.3 Å². The summed E-state index contributed by atoms with van der Waals surface area (Å²) in [6, 6.07) is 8.18. The molecule has 2 amide bonds. The number of primary amides is 1. The summed E-state index contributed by atoms with van der Waals surface area (Å²) in [6.45, 7) is 1.84. The van der Waals surface area contributed by atoms with Gasteiger partial charge in [-0.05, 0) is 36.8 Å². The van der Waals surface area contributed by atoms with Crippen LogP contribution in [0.1, 0.15) is 11.1 Å². The van der Waals surface area contributed by atoms with Gasteiger partial charge < -0.3 is 14.7 Å². The molecule has 0 saturated heterocycles. The van der Waals surface area contributed by atoms with E-state index in [9.17, 15) is 13.2 Å². The van der Waals surface area contributed by atoms with Crippen molar-refractivity contribution in [2.75, 3.05) is 7.11 Å². The van der Waals surface area contributed by atoms with E-state index >= 15 is 0 Å². The van der Waals surface area contributed by atoms with Gasteiger partial charge in [-0.3, -0.25) is 0 Å². The molecule has 0 aliphatic rings. The number of nitrogens with one attached hydrogen (secondary N) is 1. The summed E-state index contributed by atoms with van der Waals surface area (Å²) < 4.78 is 35.2. The summed E-state index contributed by atoms with van der Waals surface area (Å²) in [7, 11) is -2.76. The van der Waals surface area contributed by atoms with Gasteiger partial charge in [0.1, 0.15) is 4.90 Å². The van der Waals surface area contributed by atoms with Crippen molar-refractivity contribution in [2.24, 2.45) is 10.8 Å². The first-order chi connectivity index (χ1) is 12.2. The minimum absolute atomic E-state index is 0.0134. The van der Waals surface area contributed by atoms with E-state index in [0.29, 0.717) is 5.56 Å². The molecule has 0 aliphatic heterocycles. The Bertz CT molecular complexity index is 943. The third-order valence-corrected chi connectivity index (χ3v) is 4.66. The number of aryl methyl sites for hydroxylation is 1. The number of nitrogens with two attached hydrogens (primary N) is 1. The van der Waals surface area contributed by atoms with Crippen molar-refractivity contribution in [3.05, 3.63) is 52.5 Å². The van der Waals surface area contributed by atoms with Crippen molar-refractivity contribution < 1.29 is 22.1 Å². The molecule has 0 aromatic heterocycles. The zero-order chi connectivity index (χ0) is 19.3. The number of carbonyl (C=O) groups is 1. The van der Waals surface area contributed by atoms with Crippen LogP contribution in [0.2, 0.25) is 5.02 Å². The molecule has 138 valence electrons. The van der Waals surface area contributed by atoms with E-state index in [1.807, 2.05) is 12.3 Å². The molecule has 2 aromatic carbocycles. The molecule has 10 heteroatoms. The molecule has 3 N–H and O–H groups in total. The molecule has 0 bridgehead atoms. The smallest absolute Gasteiger partial charge is 0.339 e. The molecule has 0 unspecified atom stereocenters. The van der Waals surface area contributed by atoms with E-state index in [-0.39, 0.29) is 21.4 Å². The van der Waals surface area contributed by atoms with E-state index in [2.05, 4.69) is 5.10 Å². The van der Waals surface area contributed by atoms with Gasteiger partial charge in [-0.1, -0.05) is 29.3 Å². The molecule has 2 aromatic rings. The summed E-state index contributed by atoms with van der Waals surface area (Å²) in [5.74, 6) is -0.0801. The maximum atomic E-state index is 12.4. The molecule has 0 heterocycles.